The Morgan fingerprint density at radius 3 is 1.98 bits per heavy atom. The van der Waals surface area contributed by atoms with Crippen LogP contribution in [-0.2, 0) is 19.7 Å². The number of nitrogens with zero attached hydrogens (tertiary/aromatic N) is 4. The summed E-state index contributed by atoms with van der Waals surface area (Å²) in [5, 5.41) is 25.8. The van der Waals surface area contributed by atoms with Crippen LogP contribution in [0.25, 0.3) is 0 Å². The predicted molar refractivity (Wildman–Crippen MR) is 202 cm³/mol. The third kappa shape index (κ3) is 13.2. The number of azo groups is 1. The number of benzene rings is 3. The first kappa shape index (κ1) is 40.2. The standard InChI is InChI=1S/C39H51N5O7S/c1-2-3-4-5-6-7-8-9-10-11-12-13-14-15-19-22-36(46)40-38-37(42-41-30-23-26-32(45)27-24-30)39(47)44(43-38)31-25-28-34(35(29-31)52(48,49)50)51-33-20-17-16-18-21-33/h16-18,20-21,23-29,37,45H,2-15,19,22H2,1H3,(H,40,43,46)(H,48,49,50). The fourth-order valence-electron chi connectivity index (χ4n) is 5.86. The summed E-state index contributed by atoms with van der Waals surface area (Å²) < 4.78 is 40.4. The molecule has 280 valence electrons. The molecule has 1 atom stereocenters. The second-order valence-electron chi connectivity index (χ2n) is 13.0. The number of amidine groups is 1. The van der Waals surface area contributed by atoms with Gasteiger partial charge in [-0.15, -0.1) is 5.10 Å². The summed E-state index contributed by atoms with van der Waals surface area (Å²) in [5.74, 6) is -0.903. The number of carbonyl (C=O) groups is 2. The lowest BCUT2D eigenvalue weighted by Crippen LogP contribution is -2.39. The van der Waals surface area contributed by atoms with E-state index in [0.717, 1.165) is 30.3 Å². The highest BCUT2D eigenvalue weighted by atomic mass is 32.2. The predicted octanol–water partition coefficient (Wildman–Crippen LogP) is 9.62. The third-order valence-corrected chi connectivity index (χ3v) is 9.62. The first-order valence-electron chi connectivity index (χ1n) is 18.4. The molecule has 0 aliphatic carbocycles. The maximum Gasteiger partial charge on any atom is 0.298 e. The smallest absolute Gasteiger partial charge is 0.298 e. The molecule has 3 N–H and O–H groups in total. The van der Waals surface area contributed by atoms with Gasteiger partial charge in [-0.25, -0.2) is 0 Å². The number of para-hydroxylation sites is 1. The summed E-state index contributed by atoms with van der Waals surface area (Å²) in [5.41, 5.74) is 0.345. The van der Waals surface area contributed by atoms with Crippen molar-refractivity contribution in [3.05, 3.63) is 72.8 Å². The van der Waals surface area contributed by atoms with Crippen LogP contribution in [0, 0.1) is 0 Å². The van der Waals surface area contributed by atoms with Crippen LogP contribution < -0.4 is 15.1 Å². The Kier molecular flexibility index (Phi) is 16.2. The number of carbonyl (C=O) groups excluding carboxylic acids is 2. The van der Waals surface area contributed by atoms with Crippen LogP contribution in [0.5, 0.6) is 17.2 Å². The Labute approximate surface area is 307 Å². The number of phenolic OH excluding ortho intramolecular Hbond substituents is 1. The van der Waals surface area contributed by atoms with E-state index in [1.165, 1.54) is 107 Å². The van der Waals surface area contributed by atoms with E-state index in [2.05, 4.69) is 27.6 Å². The molecule has 0 saturated carbocycles. The number of hydrazone groups is 1. The van der Waals surface area contributed by atoms with Gasteiger partial charge >= 0.3 is 0 Å². The van der Waals surface area contributed by atoms with Gasteiger partial charge in [-0.3, -0.25) is 14.1 Å². The van der Waals surface area contributed by atoms with Crippen LogP contribution in [0.1, 0.15) is 110 Å². The van der Waals surface area contributed by atoms with Crippen LogP contribution in [0.4, 0.5) is 11.4 Å². The fraction of sp³-hybridized carbons (Fsp3) is 0.462. The highest BCUT2D eigenvalue weighted by Crippen LogP contribution is 2.34. The number of hydrogen-bond donors (Lipinski definition) is 3. The van der Waals surface area contributed by atoms with Gasteiger partial charge in [0, 0.05) is 6.42 Å². The molecule has 52 heavy (non-hydrogen) atoms. The second kappa shape index (κ2) is 21.0. The first-order chi connectivity index (χ1) is 25.2. The van der Waals surface area contributed by atoms with Crippen LogP contribution in [-0.4, -0.2) is 41.8 Å². The summed E-state index contributed by atoms with van der Waals surface area (Å²) in [6.07, 6.45) is 18.4. The zero-order valence-corrected chi connectivity index (χ0v) is 30.8. The number of hydrogen-bond acceptors (Lipinski definition) is 9. The van der Waals surface area contributed by atoms with Crippen LogP contribution in [0.15, 0.2) is 93.0 Å². The molecule has 1 aliphatic heterocycles. The Morgan fingerprint density at radius 1 is 0.827 bits per heavy atom. The number of ether oxygens (including phenoxy) is 1. The Bertz CT molecular complexity index is 1750. The largest absolute Gasteiger partial charge is 0.508 e. The Hall–Kier alpha value is -4.62. The lowest BCUT2D eigenvalue weighted by molar-refractivity contribution is -0.119. The van der Waals surface area contributed by atoms with Gasteiger partial charge in [0.1, 0.15) is 22.1 Å². The Balaban J connectivity index is 1.33. The van der Waals surface area contributed by atoms with Crippen molar-refractivity contribution in [2.75, 3.05) is 5.01 Å². The van der Waals surface area contributed by atoms with Crippen molar-refractivity contribution in [2.45, 2.75) is 121 Å². The van der Waals surface area contributed by atoms with Gasteiger partial charge in [0.15, 0.2) is 5.84 Å². The molecule has 1 heterocycles. The van der Waals surface area contributed by atoms with Crippen molar-refractivity contribution in [1.82, 2.24) is 5.32 Å². The van der Waals surface area contributed by atoms with Crippen molar-refractivity contribution in [1.29, 1.82) is 0 Å². The lowest BCUT2D eigenvalue weighted by atomic mass is 10.0. The highest BCUT2D eigenvalue weighted by molar-refractivity contribution is 7.86. The molecule has 0 bridgehead atoms. The number of phenols is 1. The zero-order chi connectivity index (χ0) is 37.2. The van der Waals surface area contributed by atoms with Crippen molar-refractivity contribution in [3.63, 3.8) is 0 Å². The number of anilines is 1. The topological polar surface area (TPSA) is 170 Å². The van der Waals surface area contributed by atoms with E-state index in [1.54, 1.807) is 30.3 Å². The van der Waals surface area contributed by atoms with E-state index in [9.17, 15) is 27.7 Å². The number of unbranched alkanes of at least 4 members (excludes halogenated alkanes) is 14. The van der Waals surface area contributed by atoms with Crippen LogP contribution >= 0.6 is 0 Å². The average molecular weight is 734 g/mol. The first-order valence-corrected chi connectivity index (χ1v) is 19.9. The molecule has 0 aromatic heterocycles. The normalized spacial score (nSPS) is 14.6. The van der Waals surface area contributed by atoms with E-state index in [1.807, 2.05) is 0 Å². The highest BCUT2D eigenvalue weighted by Gasteiger charge is 2.39. The fourth-order valence-corrected chi connectivity index (χ4v) is 6.50. The van der Waals surface area contributed by atoms with Crippen molar-refractivity contribution < 1.29 is 32.4 Å². The maximum absolute atomic E-state index is 13.6. The number of amides is 2. The molecule has 4 rings (SSSR count). The van der Waals surface area contributed by atoms with Crippen molar-refractivity contribution in [3.8, 4) is 17.2 Å². The van der Waals surface area contributed by atoms with E-state index in [0.29, 0.717) is 17.9 Å². The van der Waals surface area contributed by atoms with Crippen molar-refractivity contribution >= 4 is 39.1 Å². The van der Waals surface area contributed by atoms with E-state index < -0.39 is 27.0 Å². The second-order valence-corrected chi connectivity index (χ2v) is 14.4. The van der Waals surface area contributed by atoms with Gasteiger partial charge < -0.3 is 15.2 Å². The zero-order valence-electron chi connectivity index (χ0n) is 30.0. The van der Waals surface area contributed by atoms with Gasteiger partial charge in [0.05, 0.1) is 11.4 Å². The maximum atomic E-state index is 13.6. The molecule has 0 fully saturated rings. The monoisotopic (exact) mass is 733 g/mol. The minimum absolute atomic E-state index is 0.00507. The van der Waals surface area contributed by atoms with Crippen molar-refractivity contribution in [2.24, 2.45) is 15.3 Å². The molecule has 1 aliphatic rings. The molecule has 0 spiro atoms. The molecule has 3 aromatic carbocycles. The molecule has 0 radical (unpaired) electrons. The van der Waals surface area contributed by atoms with Crippen LogP contribution in [0.2, 0.25) is 0 Å². The molecular weight excluding hydrogens is 683 g/mol. The molecular formula is C39H51N5O7S. The van der Waals surface area contributed by atoms with E-state index >= 15 is 0 Å². The van der Waals surface area contributed by atoms with Gasteiger partial charge in [-0.05, 0) is 61.0 Å². The number of aromatic hydroxyl groups is 1. The summed E-state index contributed by atoms with van der Waals surface area (Å²) >= 11 is 0. The van der Waals surface area contributed by atoms with Gasteiger partial charge in [-0.1, -0.05) is 115 Å². The van der Waals surface area contributed by atoms with E-state index in [-0.39, 0.29) is 35.4 Å². The van der Waals surface area contributed by atoms with Gasteiger partial charge in [0.2, 0.25) is 11.9 Å². The molecule has 0 saturated heterocycles. The van der Waals surface area contributed by atoms with E-state index in [4.69, 9.17) is 4.74 Å². The van der Waals surface area contributed by atoms with Gasteiger partial charge in [-0.2, -0.15) is 23.7 Å². The summed E-state index contributed by atoms with van der Waals surface area (Å²) in [6.45, 7) is 2.25. The minimum Gasteiger partial charge on any atom is -0.508 e. The van der Waals surface area contributed by atoms with Gasteiger partial charge in [0.25, 0.3) is 16.0 Å². The lowest BCUT2D eigenvalue weighted by Gasteiger charge is -2.15. The third-order valence-electron chi connectivity index (χ3n) is 8.74. The molecule has 12 nitrogen and oxygen atoms in total. The summed E-state index contributed by atoms with van der Waals surface area (Å²) in [4.78, 5) is 26.1. The Morgan fingerprint density at radius 2 is 1.40 bits per heavy atom. The molecule has 13 heteroatoms. The quantitative estimate of drug-likeness (QED) is 0.0524. The SMILES string of the molecule is CCCCCCCCCCCCCCCCCC(=O)NC1=NN(c2ccc(Oc3ccccc3)c(S(=O)(=O)O)c2)C(=O)C1N=Nc1ccc(O)cc1. The molecule has 1 unspecified atom stereocenters. The summed E-state index contributed by atoms with van der Waals surface area (Å²) in [6, 6.07) is 16.7. The summed E-state index contributed by atoms with van der Waals surface area (Å²) in [7, 11) is -4.79. The average Bonchev–Trinajstić information content (AvgIpc) is 3.43. The number of rotatable bonds is 22. The molecule has 3 aromatic rings. The van der Waals surface area contributed by atoms with Crippen LogP contribution in [0.3, 0.4) is 0 Å². The number of nitrogens with one attached hydrogen (secondary N) is 1. The molecule has 2 amide bonds. The minimum atomic E-state index is -4.79.